The Morgan fingerprint density at radius 2 is 1.84 bits per heavy atom. The van der Waals surface area contributed by atoms with Gasteiger partial charge in [-0.3, -0.25) is 9.69 Å². The zero-order valence-electron chi connectivity index (χ0n) is 12.4. The maximum Gasteiger partial charge on any atom is 0.238 e. The van der Waals surface area contributed by atoms with Crippen LogP contribution in [0.1, 0.15) is 39.2 Å². The van der Waals surface area contributed by atoms with Crippen molar-refractivity contribution in [3.05, 3.63) is 29.8 Å². The molecule has 0 aliphatic heterocycles. The van der Waals surface area contributed by atoms with E-state index >= 15 is 0 Å². The van der Waals surface area contributed by atoms with Crippen LogP contribution in [0.2, 0.25) is 0 Å². The summed E-state index contributed by atoms with van der Waals surface area (Å²) in [5.74, 6) is 0.0715. The van der Waals surface area contributed by atoms with E-state index in [4.69, 9.17) is 0 Å². The van der Waals surface area contributed by atoms with Gasteiger partial charge in [-0.15, -0.1) is 0 Å². The molecule has 0 bridgehead atoms. The Hall–Kier alpha value is -1.35. The van der Waals surface area contributed by atoms with E-state index < -0.39 is 0 Å². The largest absolute Gasteiger partial charge is 0.325 e. The highest BCUT2D eigenvalue weighted by molar-refractivity contribution is 5.92. The molecule has 0 unspecified atom stereocenters. The molecule has 1 aromatic rings. The second-order valence-corrected chi connectivity index (χ2v) is 4.82. The van der Waals surface area contributed by atoms with Gasteiger partial charge in [-0.2, -0.15) is 0 Å². The number of nitrogens with one attached hydrogen (secondary N) is 1. The molecular weight excluding hydrogens is 236 g/mol. The quantitative estimate of drug-likeness (QED) is 0.779. The molecule has 1 aromatic carbocycles. The number of rotatable bonds is 8. The zero-order valence-corrected chi connectivity index (χ0v) is 12.4. The summed E-state index contributed by atoms with van der Waals surface area (Å²) in [6.07, 6.45) is 3.33. The van der Waals surface area contributed by atoms with Crippen LogP contribution in [-0.4, -0.2) is 30.4 Å². The molecule has 3 nitrogen and oxygen atoms in total. The minimum absolute atomic E-state index is 0.0715. The number of hydrogen-bond donors (Lipinski definition) is 1. The number of hydrogen-bond acceptors (Lipinski definition) is 2. The van der Waals surface area contributed by atoms with Gasteiger partial charge in [0.15, 0.2) is 0 Å². The second kappa shape index (κ2) is 8.70. The average Bonchev–Trinajstić information content (AvgIpc) is 2.44. The van der Waals surface area contributed by atoms with Crippen LogP contribution in [0.5, 0.6) is 0 Å². The van der Waals surface area contributed by atoms with E-state index in [2.05, 4.69) is 43.1 Å². The van der Waals surface area contributed by atoms with E-state index in [1.54, 1.807) is 0 Å². The van der Waals surface area contributed by atoms with Crippen molar-refractivity contribution in [1.82, 2.24) is 4.90 Å². The van der Waals surface area contributed by atoms with Crippen molar-refractivity contribution in [2.45, 2.75) is 40.0 Å². The summed E-state index contributed by atoms with van der Waals surface area (Å²) in [6, 6.07) is 8.06. The Kier molecular flexibility index (Phi) is 7.19. The van der Waals surface area contributed by atoms with Crippen molar-refractivity contribution in [2.24, 2.45) is 0 Å². The molecule has 1 rings (SSSR count). The number of anilines is 1. The van der Waals surface area contributed by atoms with Gasteiger partial charge in [-0.1, -0.05) is 39.3 Å². The minimum Gasteiger partial charge on any atom is -0.325 e. The molecule has 0 heterocycles. The van der Waals surface area contributed by atoms with Gasteiger partial charge in [0, 0.05) is 5.69 Å². The van der Waals surface area contributed by atoms with Gasteiger partial charge >= 0.3 is 0 Å². The Labute approximate surface area is 117 Å². The first kappa shape index (κ1) is 15.7. The molecular formula is C16H26N2O. The lowest BCUT2D eigenvalue weighted by Gasteiger charge is -2.19. The minimum atomic E-state index is 0.0715. The number of likely N-dealkylation sites (N-methyl/N-ethyl adjacent to an activating group) is 1. The van der Waals surface area contributed by atoms with Crippen LogP contribution in [0.15, 0.2) is 24.3 Å². The molecule has 106 valence electrons. The summed E-state index contributed by atoms with van der Waals surface area (Å²) in [5.41, 5.74) is 2.17. The Morgan fingerprint density at radius 3 is 2.37 bits per heavy atom. The predicted molar refractivity (Wildman–Crippen MR) is 81.5 cm³/mol. The van der Waals surface area contributed by atoms with Crippen molar-refractivity contribution < 1.29 is 4.79 Å². The maximum atomic E-state index is 11.9. The number of carbonyl (C=O) groups excluding carboxylic acids is 1. The average molecular weight is 262 g/mol. The fourth-order valence-electron chi connectivity index (χ4n) is 1.96. The van der Waals surface area contributed by atoms with Crippen LogP contribution in [0.4, 0.5) is 5.69 Å². The summed E-state index contributed by atoms with van der Waals surface area (Å²) >= 11 is 0. The lowest BCUT2D eigenvalue weighted by atomic mass is 10.1. The van der Waals surface area contributed by atoms with E-state index in [0.717, 1.165) is 38.0 Å². The Morgan fingerprint density at radius 1 is 1.16 bits per heavy atom. The molecule has 1 N–H and O–H groups in total. The number of unbranched alkanes of at least 4 members (excludes halogenated alkanes) is 1. The monoisotopic (exact) mass is 262 g/mol. The molecule has 0 aliphatic rings. The molecule has 0 aromatic heterocycles. The lowest BCUT2D eigenvalue weighted by molar-refractivity contribution is -0.117. The summed E-state index contributed by atoms with van der Waals surface area (Å²) in [6.45, 7) is 8.78. The normalized spacial score (nSPS) is 10.7. The van der Waals surface area contributed by atoms with Crippen LogP contribution in [0.3, 0.4) is 0 Å². The van der Waals surface area contributed by atoms with Crippen molar-refractivity contribution in [1.29, 1.82) is 0 Å². The molecule has 0 aliphatic carbocycles. The van der Waals surface area contributed by atoms with Gasteiger partial charge in [0.05, 0.1) is 6.54 Å². The van der Waals surface area contributed by atoms with Crippen LogP contribution >= 0.6 is 0 Å². The van der Waals surface area contributed by atoms with E-state index in [9.17, 15) is 4.79 Å². The number of aryl methyl sites for hydroxylation is 1. The van der Waals surface area contributed by atoms with E-state index in [1.165, 1.54) is 5.56 Å². The van der Waals surface area contributed by atoms with Gasteiger partial charge in [0.1, 0.15) is 0 Å². The third-order valence-corrected chi connectivity index (χ3v) is 3.29. The van der Waals surface area contributed by atoms with Gasteiger partial charge in [-0.05, 0) is 43.6 Å². The maximum absolute atomic E-state index is 11.9. The number of nitrogens with zero attached hydrogens (tertiary/aromatic N) is 1. The fraction of sp³-hybridized carbons (Fsp3) is 0.562. The van der Waals surface area contributed by atoms with Crippen LogP contribution in [0, 0.1) is 0 Å². The SMILES string of the molecule is CCCCN(CC)CC(=O)Nc1ccc(CC)cc1. The molecule has 0 saturated carbocycles. The van der Waals surface area contributed by atoms with Gasteiger partial charge in [-0.25, -0.2) is 0 Å². The predicted octanol–water partition coefficient (Wildman–Crippen LogP) is 3.31. The highest BCUT2D eigenvalue weighted by atomic mass is 16.2. The first-order valence-electron chi connectivity index (χ1n) is 7.30. The van der Waals surface area contributed by atoms with E-state index in [1.807, 2.05) is 12.1 Å². The topological polar surface area (TPSA) is 32.3 Å². The van der Waals surface area contributed by atoms with Crippen LogP contribution in [0.25, 0.3) is 0 Å². The highest BCUT2D eigenvalue weighted by Gasteiger charge is 2.08. The third-order valence-electron chi connectivity index (χ3n) is 3.29. The number of benzene rings is 1. The van der Waals surface area contributed by atoms with Crippen LogP contribution in [-0.2, 0) is 11.2 Å². The molecule has 0 saturated heterocycles. The first-order valence-corrected chi connectivity index (χ1v) is 7.30. The highest BCUT2D eigenvalue weighted by Crippen LogP contribution is 2.10. The van der Waals surface area contributed by atoms with E-state index in [-0.39, 0.29) is 5.91 Å². The molecule has 3 heteroatoms. The number of amides is 1. The smallest absolute Gasteiger partial charge is 0.238 e. The molecule has 0 atom stereocenters. The second-order valence-electron chi connectivity index (χ2n) is 4.82. The van der Waals surface area contributed by atoms with Crippen molar-refractivity contribution in [3.8, 4) is 0 Å². The first-order chi connectivity index (χ1) is 9.19. The summed E-state index contributed by atoms with van der Waals surface area (Å²) < 4.78 is 0. The van der Waals surface area contributed by atoms with Crippen LogP contribution < -0.4 is 5.32 Å². The summed E-state index contributed by atoms with van der Waals surface area (Å²) in [7, 11) is 0. The van der Waals surface area contributed by atoms with Crippen molar-refractivity contribution in [2.75, 3.05) is 25.0 Å². The zero-order chi connectivity index (χ0) is 14.1. The molecule has 0 fully saturated rings. The summed E-state index contributed by atoms with van der Waals surface area (Å²) in [4.78, 5) is 14.1. The van der Waals surface area contributed by atoms with Gasteiger partial charge in [0.25, 0.3) is 0 Å². The van der Waals surface area contributed by atoms with Gasteiger partial charge in [0.2, 0.25) is 5.91 Å². The third kappa shape index (κ3) is 5.88. The van der Waals surface area contributed by atoms with Gasteiger partial charge < -0.3 is 5.32 Å². The van der Waals surface area contributed by atoms with Crippen molar-refractivity contribution in [3.63, 3.8) is 0 Å². The van der Waals surface area contributed by atoms with E-state index in [0.29, 0.717) is 6.54 Å². The molecule has 0 radical (unpaired) electrons. The molecule has 1 amide bonds. The summed E-state index contributed by atoms with van der Waals surface area (Å²) in [5, 5.41) is 2.95. The number of carbonyl (C=O) groups is 1. The fourth-order valence-corrected chi connectivity index (χ4v) is 1.96. The Balaban J connectivity index is 2.44. The molecule has 19 heavy (non-hydrogen) atoms. The standard InChI is InChI=1S/C16H26N2O/c1-4-7-12-18(6-3)13-16(19)17-15-10-8-14(5-2)9-11-15/h8-11H,4-7,12-13H2,1-3H3,(H,17,19). The van der Waals surface area contributed by atoms with Crippen molar-refractivity contribution >= 4 is 11.6 Å². The lowest BCUT2D eigenvalue weighted by Crippen LogP contribution is -2.33. The Bertz CT molecular complexity index is 373. The molecule has 0 spiro atoms.